The largest absolute Gasteiger partial charge is 0.352 e. The Morgan fingerprint density at radius 3 is 2.70 bits per heavy atom. The van der Waals surface area contributed by atoms with Gasteiger partial charge in [-0.2, -0.15) is 5.26 Å². The second-order valence-electron chi connectivity index (χ2n) is 11.7. The van der Waals surface area contributed by atoms with Crippen LogP contribution in [0.2, 0.25) is 0 Å². The van der Waals surface area contributed by atoms with E-state index in [2.05, 4.69) is 30.1 Å². The van der Waals surface area contributed by atoms with E-state index >= 15 is 0 Å². The number of carbonyl (C=O) groups excluding carboxylic acids is 2. The maximum absolute atomic E-state index is 12.8. The van der Waals surface area contributed by atoms with Gasteiger partial charge in [0.25, 0.3) is 5.91 Å². The molecule has 7 atom stereocenters. The highest BCUT2D eigenvalue weighted by Gasteiger charge is 2.60. The minimum absolute atomic E-state index is 0.0734. The monoisotopic (exact) mass is 447 g/mol. The van der Waals surface area contributed by atoms with Crippen LogP contribution < -0.4 is 5.32 Å². The number of amides is 2. The van der Waals surface area contributed by atoms with E-state index in [4.69, 9.17) is 5.26 Å². The van der Waals surface area contributed by atoms with Crippen LogP contribution in [-0.2, 0) is 4.79 Å². The number of hydrogen-bond donors (Lipinski definition) is 1. The number of piperidine rings is 1. The number of nitrogens with one attached hydrogen (secondary N) is 1. The molecule has 5 rings (SSSR count). The first-order valence-electron chi connectivity index (χ1n) is 12.8. The summed E-state index contributed by atoms with van der Waals surface area (Å²) in [6.45, 7) is 5.68. The fraction of sp³-hybridized carbons (Fsp3) is 0.679. The van der Waals surface area contributed by atoms with Crippen molar-refractivity contribution >= 4 is 11.8 Å². The number of carbonyl (C=O) groups is 2. The van der Waals surface area contributed by atoms with Gasteiger partial charge < -0.3 is 10.2 Å². The number of benzene rings is 1. The molecular weight excluding hydrogens is 410 g/mol. The molecule has 33 heavy (non-hydrogen) atoms. The molecule has 0 radical (unpaired) electrons. The molecule has 0 unspecified atom stereocenters. The highest BCUT2D eigenvalue weighted by Crippen LogP contribution is 2.66. The molecule has 3 saturated carbocycles. The lowest BCUT2D eigenvalue weighted by molar-refractivity contribution is -0.158. The minimum atomic E-state index is -0.0734. The molecular formula is C28H37N3O2. The Hall–Kier alpha value is -2.35. The van der Waals surface area contributed by atoms with Crippen LogP contribution in [0.25, 0.3) is 0 Å². The number of nitrogens with zero attached hydrogens (tertiary/aromatic N) is 2. The molecule has 5 heteroatoms. The van der Waals surface area contributed by atoms with Gasteiger partial charge in [-0.05, 0) is 97.6 Å². The SMILES string of the molecule is CN1C(=O)CC[C@]2(C)[C@H]3CC[C@]4(C)[C@@H](CNC(=O)c5cccc(C#N)c5)CC[C@H]4[C@@H]3CC[C@@H]12. The smallest absolute Gasteiger partial charge is 0.251 e. The van der Waals surface area contributed by atoms with Crippen LogP contribution >= 0.6 is 0 Å². The highest BCUT2D eigenvalue weighted by atomic mass is 16.2. The molecule has 1 aromatic rings. The molecule has 5 nitrogen and oxygen atoms in total. The summed E-state index contributed by atoms with van der Waals surface area (Å²) in [6.07, 6.45) is 9.05. The second-order valence-corrected chi connectivity index (χ2v) is 11.7. The van der Waals surface area contributed by atoms with E-state index < -0.39 is 0 Å². The lowest BCUT2D eigenvalue weighted by atomic mass is 9.47. The fourth-order valence-electron chi connectivity index (χ4n) is 8.64. The topological polar surface area (TPSA) is 73.2 Å². The second kappa shape index (κ2) is 8.15. The van der Waals surface area contributed by atoms with E-state index in [1.54, 1.807) is 24.3 Å². The van der Waals surface area contributed by atoms with Crippen molar-refractivity contribution in [1.82, 2.24) is 10.2 Å². The summed E-state index contributed by atoms with van der Waals surface area (Å²) < 4.78 is 0. The number of likely N-dealkylation sites (tertiary alicyclic amines) is 1. The van der Waals surface area contributed by atoms with Crippen molar-refractivity contribution in [2.24, 2.45) is 34.5 Å². The number of rotatable bonds is 3. The van der Waals surface area contributed by atoms with Crippen LogP contribution in [0.15, 0.2) is 24.3 Å². The first-order chi connectivity index (χ1) is 15.8. The Morgan fingerprint density at radius 2 is 1.91 bits per heavy atom. The molecule has 1 aromatic carbocycles. The Balaban J connectivity index is 1.28. The first-order valence-corrected chi connectivity index (χ1v) is 12.8. The van der Waals surface area contributed by atoms with Gasteiger partial charge in [0.15, 0.2) is 0 Å². The van der Waals surface area contributed by atoms with Crippen LogP contribution in [0.3, 0.4) is 0 Å². The normalized spacial score (nSPS) is 39.8. The van der Waals surface area contributed by atoms with Gasteiger partial charge in [0.1, 0.15) is 0 Å². The van der Waals surface area contributed by atoms with Crippen molar-refractivity contribution < 1.29 is 9.59 Å². The number of nitriles is 1. The van der Waals surface area contributed by atoms with Crippen LogP contribution in [-0.4, -0.2) is 36.3 Å². The Bertz CT molecular complexity index is 999. The molecule has 3 aliphatic carbocycles. The average molecular weight is 448 g/mol. The minimum Gasteiger partial charge on any atom is -0.352 e. The lowest BCUT2D eigenvalue weighted by Crippen LogP contribution is -2.61. The summed E-state index contributed by atoms with van der Waals surface area (Å²) in [5, 5.41) is 12.3. The van der Waals surface area contributed by atoms with E-state index in [0.29, 0.717) is 41.3 Å². The van der Waals surface area contributed by atoms with Crippen LogP contribution in [0.5, 0.6) is 0 Å². The van der Waals surface area contributed by atoms with Crippen LogP contribution in [0.1, 0.15) is 81.1 Å². The molecule has 0 aromatic heterocycles. The molecule has 0 spiro atoms. The number of hydrogen-bond acceptors (Lipinski definition) is 3. The van der Waals surface area contributed by atoms with Gasteiger partial charge in [-0.25, -0.2) is 0 Å². The van der Waals surface area contributed by atoms with Crippen molar-refractivity contribution in [2.45, 2.75) is 71.3 Å². The zero-order valence-corrected chi connectivity index (χ0v) is 20.3. The van der Waals surface area contributed by atoms with Gasteiger partial charge in [0, 0.05) is 31.6 Å². The standard InChI is InChI=1S/C28H37N3O2/c1-27-13-11-23-21(8-10-24-28(23,2)14-12-25(32)31(24)3)22(27)9-7-20(27)17-30-26(33)19-6-4-5-18(15-19)16-29/h4-6,15,20-24H,7-14,17H2,1-3H3,(H,30,33)/t20-,21+,22+,23+,24-,27-,28-/m1/s1. The van der Waals surface area contributed by atoms with Crippen molar-refractivity contribution in [1.29, 1.82) is 5.26 Å². The van der Waals surface area contributed by atoms with Gasteiger partial charge in [-0.15, -0.1) is 0 Å². The quantitative estimate of drug-likeness (QED) is 0.725. The summed E-state index contributed by atoms with van der Waals surface area (Å²) in [7, 11) is 2.03. The summed E-state index contributed by atoms with van der Waals surface area (Å²) in [5.74, 6) is 2.95. The third-order valence-corrected chi connectivity index (χ3v) is 10.5. The van der Waals surface area contributed by atoms with E-state index in [1.807, 2.05) is 7.05 Å². The molecule has 2 amide bonds. The molecule has 0 bridgehead atoms. The van der Waals surface area contributed by atoms with Crippen molar-refractivity contribution in [3.63, 3.8) is 0 Å². The first kappa shape index (κ1) is 22.4. The zero-order valence-electron chi connectivity index (χ0n) is 20.3. The van der Waals surface area contributed by atoms with Gasteiger partial charge in [-0.3, -0.25) is 9.59 Å². The molecule has 1 aliphatic heterocycles. The molecule has 1 saturated heterocycles. The van der Waals surface area contributed by atoms with E-state index in [9.17, 15) is 9.59 Å². The predicted octanol–water partition coefficient (Wildman–Crippen LogP) is 4.77. The van der Waals surface area contributed by atoms with Gasteiger partial charge in [-0.1, -0.05) is 19.9 Å². The maximum Gasteiger partial charge on any atom is 0.251 e. The predicted molar refractivity (Wildman–Crippen MR) is 127 cm³/mol. The maximum atomic E-state index is 12.8. The average Bonchev–Trinajstić information content (AvgIpc) is 3.16. The highest BCUT2D eigenvalue weighted by molar-refractivity contribution is 5.94. The zero-order chi connectivity index (χ0) is 23.4. The van der Waals surface area contributed by atoms with E-state index in [1.165, 1.54) is 32.1 Å². The molecule has 1 N–H and O–H groups in total. The summed E-state index contributed by atoms with van der Waals surface area (Å²) in [4.78, 5) is 27.2. The lowest BCUT2D eigenvalue weighted by Gasteiger charge is -2.61. The third kappa shape index (κ3) is 3.49. The van der Waals surface area contributed by atoms with Crippen LogP contribution in [0, 0.1) is 45.8 Å². The molecule has 176 valence electrons. The van der Waals surface area contributed by atoms with E-state index in [0.717, 1.165) is 31.2 Å². The van der Waals surface area contributed by atoms with Crippen molar-refractivity contribution in [3.05, 3.63) is 35.4 Å². The third-order valence-electron chi connectivity index (χ3n) is 10.5. The van der Waals surface area contributed by atoms with Crippen LogP contribution in [0.4, 0.5) is 0 Å². The van der Waals surface area contributed by atoms with Gasteiger partial charge in [0.2, 0.25) is 5.91 Å². The number of fused-ring (bicyclic) bond motifs is 5. The Labute approximate surface area is 197 Å². The molecule has 1 heterocycles. The van der Waals surface area contributed by atoms with Gasteiger partial charge >= 0.3 is 0 Å². The summed E-state index contributed by atoms with van der Waals surface area (Å²) in [6, 6.07) is 9.48. The molecule has 4 fully saturated rings. The van der Waals surface area contributed by atoms with Gasteiger partial charge in [0.05, 0.1) is 11.6 Å². The molecule has 4 aliphatic rings. The Kier molecular flexibility index (Phi) is 5.54. The van der Waals surface area contributed by atoms with Crippen molar-refractivity contribution in [3.8, 4) is 6.07 Å². The summed E-state index contributed by atoms with van der Waals surface area (Å²) >= 11 is 0. The Morgan fingerprint density at radius 1 is 1.12 bits per heavy atom. The fourth-order valence-corrected chi connectivity index (χ4v) is 8.64. The summed E-state index contributed by atoms with van der Waals surface area (Å²) in [5.41, 5.74) is 1.63. The van der Waals surface area contributed by atoms with E-state index in [-0.39, 0.29) is 16.7 Å². The van der Waals surface area contributed by atoms with Crippen molar-refractivity contribution in [2.75, 3.05) is 13.6 Å².